The SMILES string of the molecule is COc1ccc2cc(-c3nc4cc(C(=O)N5C[C@H]6CC7C[C@@H]5[C@H]76)cc(F)c4n3C)n(CC3CC3)c2n1. The van der Waals surface area contributed by atoms with E-state index >= 15 is 4.39 Å². The number of aryl methyl sites for hydroxylation is 1. The standard InChI is InChI=1S/C28H28FN5O2/c1-32-25-19(29)8-17(28(35)34-13-18-7-16-11-21(34)24(16)18)9-20(25)30-27(32)22-10-15-5-6-23(36-2)31-26(15)33(22)12-14-3-4-14/h5-6,8-10,14,16,18,21,24H,3-4,7,11-13H2,1-2H3/t16?,18-,21-,24-/m1/s1. The average molecular weight is 486 g/mol. The fourth-order valence-electron chi connectivity index (χ4n) is 7.17. The molecule has 1 aromatic carbocycles. The molecule has 0 radical (unpaired) electrons. The molecule has 8 rings (SSSR count). The van der Waals surface area contributed by atoms with Gasteiger partial charge in [-0.05, 0) is 73.6 Å². The van der Waals surface area contributed by atoms with Crippen molar-refractivity contribution in [1.29, 1.82) is 0 Å². The molecule has 0 bridgehead atoms. The summed E-state index contributed by atoms with van der Waals surface area (Å²) in [6.45, 7) is 1.66. The number of carbonyl (C=O) groups excluding carboxylic acids is 1. The van der Waals surface area contributed by atoms with Crippen molar-refractivity contribution in [3.8, 4) is 17.4 Å². The quantitative estimate of drug-likeness (QED) is 0.414. The van der Waals surface area contributed by atoms with E-state index in [1.807, 2.05) is 24.1 Å². The molecule has 4 fully saturated rings. The van der Waals surface area contributed by atoms with Crippen molar-refractivity contribution < 1.29 is 13.9 Å². The van der Waals surface area contributed by atoms with Crippen LogP contribution in [0.2, 0.25) is 0 Å². The van der Waals surface area contributed by atoms with Crippen LogP contribution in [0.4, 0.5) is 4.39 Å². The maximum Gasteiger partial charge on any atom is 0.254 e. The summed E-state index contributed by atoms with van der Waals surface area (Å²) in [5.74, 6) is 3.54. The molecule has 4 atom stereocenters. The summed E-state index contributed by atoms with van der Waals surface area (Å²) in [7, 11) is 3.46. The summed E-state index contributed by atoms with van der Waals surface area (Å²) in [4.78, 5) is 25.0. The number of hydrogen-bond donors (Lipinski definition) is 0. The van der Waals surface area contributed by atoms with Gasteiger partial charge in [-0.15, -0.1) is 0 Å². The third kappa shape index (κ3) is 2.75. The molecule has 1 unspecified atom stereocenters. The Morgan fingerprint density at radius 2 is 2.00 bits per heavy atom. The topological polar surface area (TPSA) is 65.2 Å². The number of hydrogen-bond acceptors (Lipinski definition) is 4. The fraction of sp³-hybridized carbons (Fsp3) is 0.464. The first-order chi connectivity index (χ1) is 17.5. The van der Waals surface area contributed by atoms with E-state index in [-0.39, 0.29) is 5.91 Å². The first kappa shape index (κ1) is 20.7. The van der Waals surface area contributed by atoms with Gasteiger partial charge in [0.2, 0.25) is 5.88 Å². The maximum atomic E-state index is 15.5. The zero-order valence-electron chi connectivity index (χ0n) is 20.4. The molecule has 4 heterocycles. The fourth-order valence-corrected chi connectivity index (χ4v) is 7.17. The summed E-state index contributed by atoms with van der Waals surface area (Å²) < 4.78 is 24.9. The van der Waals surface area contributed by atoms with Crippen LogP contribution in [0.1, 0.15) is 36.0 Å². The van der Waals surface area contributed by atoms with E-state index in [2.05, 4.69) is 10.6 Å². The normalized spacial score (nSPS) is 26.2. The molecule has 1 saturated heterocycles. The summed E-state index contributed by atoms with van der Waals surface area (Å²) in [5, 5.41) is 0.998. The van der Waals surface area contributed by atoms with Crippen LogP contribution in [-0.4, -0.2) is 49.6 Å². The number of rotatable bonds is 5. The van der Waals surface area contributed by atoms with Gasteiger partial charge in [-0.3, -0.25) is 4.79 Å². The zero-order valence-corrected chi connectivity index (χ0v) is 20.4. The number of likely N-dealkylation sites (tertiary alicyclic amines) is 1. The Bertz CT molecular complexity index is 1580. The lowest BCUT2D eigenvalue weighted by molar-refractivity contribution is -0.0204. The second-order valence-electron chi connectivity index (χ2n) is 11.3. The van der Waals surface area contributed by atoms with Gasteiger partial charge in [0.1, 0.15) is 17.0 Å². The Morgan fingerprint density at radius 3 is 2.75 bits per heavy atom. The van der Waals surface area contributed by atoms with Gasteiger partial charge in [-0.25, -0.2) is 9.37 Å². The number of halogens is 1. The van der Waals surface area contributed by atoms with Gasteiger partial charge in [0.25, 0.3) is 5.91 Å². The Balaban J connectivity index is 1.23. The van der Waals surface area contributed by atoms with Crippen LogP contribution in [-0.2, 0) is 13.6 Å². The Labute approximate surface area is 207 Å². The highest BCUT2D eigenvalue weighted by molar-refractivity contribution is 5.98. The highest BCUT2D eigenvalue weighted by Gasteiger charge is 2.61. The lowest BCUT2D eigenvalue weighted by atomic mass is 9.53. The van der Waals surface area contributed by atoms with E-state index in [9.17, 15) is 4.79 Å². The number of methoxy groups -OCH3 is 1. The summed E-state index contributed by atoms with van der Waals surface area (Å²) in [5.41, 5.74) is 3.08. The molecular weight excluding hydrogens is 457 g/mol. The zero-order chi connectivity index (χ0) is 24.3. The number of aromatic nitrogens is 4. The number of benzene rings is 1. The number of pyridine rings is 1. The second-order valence-corrected chi connectivity index (χ2v) is 11.3. The molecule has 8 heteroatoms. The van der Waals surface area contributed by atoms with Crippen molar-refractivity contribution in [3.05, 3.63) is 41.7 Å². The lowest BCUT2D eigenvalue weighted by Crippen LogP contribution is -2.53. The van der Waals surface area contributed by atoms with Gasteiger partial charge < -0.3 is 18.8 Å². The molecule has 184 valence electrons. The van der Waals surface area contributed by atoms with E-state index in [0.717, 1.165) is 42.2 Å². The van der Waals surface area contributed by atoms with E-state index < -0.39 is 5.82 Å². The van der Waals surface area contributed by atoms with Crippen molar-refractivity contribution in [2.75, 3.05) is 13.7 Å². The van der Waals surface area contributed by atoms with Crippen LogP contribution < -0.4 is 4.74 Å². The van der Waals surface area contributed by atoms with E-state index in [1.54, 1.807) is 17.7 Å². The molecule has 36 heavy (non-hydrogen) atoms. The molecule has 4 aromatic rings. The van der Waals surface area contributed by atoms with Gasteiger partial charge >= 0.3 is 0 Å². The number of carbonyl (C=O) groups is 1. The van der Waals surface area contributed by atoms with Crippen molar-refractivity contribution in [1.82, 2.24) is 24.0 Å². The van der Waals surface area contributed by atoms with Crippen molar-refractivity contribution in [2.24, 2.45) is 30.7 Å². The summed E-state index contributed by atoms with van der Waals surface area (Å²) in [6.07, 6.45) is 4.75. The first-order valence-corrected chi connectivity index (χ1v) is 13.0. The Hall–Kier alpha value is -3.42. The average Bonchev–Trinajstić information content (AvgIpc) is 3.52. The van der Waals surface area contributed by atoms with Crippen LogP contribution >= 0.6 is 0 Å². The van der Waals surface area contributed by atoms with Crippen LogP contribution in [0.3, 0.4) is 0 Å². The smallest absolute Gasteiger partial charge is 0.254 e. The number of nitrogens with zero attached hydrogens (tertiary/aromatic N) is 5. The molecule has 7 nitrogen and oxygen atoms in total. The molecule has 3 aromatic heterocycles. The molecule has 1 aliphatic heterocycles. The van der Waals surface area contributed by atoms with E-state index in [0.29, 0.717) is 52.1 Å². The van der Waals surface area contributed by atoms with Crippen molar-refractivity contribution >= 4 is 28.0 Å². The minimum Gasteiger partial charge on any atom is -0.481 e. The van der Waals surface area contributed by atoms with Crippen molar-refractivity contribution in [3.63, 3.8) is 0 Å². The van der Waals surface area contributed by atoms with Crippen LogP contribution in [0, 0.1) is 29.5 Å². The highest BCUT2D eigenvalue weighted by atomic mass is 19.1. The van der Waals surface area contributed by atoms with Gasteiger partial charge in [0, 0.05) is 43.2 Å². The molecule has 0 N–H and O–H groups in total. The number of ether oxygens (including phenoxy) is 1. The minimum absolute atomic E-state index is 0.0556. The molecule has 1 amide bonds. The second kappa shape index (κ2) is 7.08. The lowest BCUT2D eigenvalue weighted by Gasteiger charge is -2.52. The molecule has 3 aliphatic carbocycles. The van der Waals surface area contributed by atoms with Gasteiger partial charge in [0.05, 0.1) is 18.3 Å². The summed E-state index contributed by atoms with van der Waals surface area (Å²) in [6, 6.07) is 9.45. The maximum absolute atomic E-state index is 15.5. The van der Waals surface area contributed by atoms with E-state index in [1.165, 1.54) is 25.3 Å². The third-order valence-corrected chi connectivity index (χ3v) is 9.24. The number of amides is 1. The predicted octanol–water partition coefficient (Wildman–Crippen LogP) is 4.63. The molecular formula is C28H28FN5O2. The third-order valence-electron chi connectivity index (χ3n) is 9.24. The molecule has 0 spiro atoms. The largest absolute Gasteiger partial charge is 0.481 e. The predicted molar refractivity (Wildman–Crippen MR) is 133 cm³/mol. The van der Waals surface area contributed by atoms with Gasteiger partial charge in [-0.2, -0.15) is 4.98 Å². The molecule has 4 aliphatic rings. The Kier molecular flexibility index (Phi) is 4.08. The number of imidazole rings is 1. The summed E-state index contributed by atoms with van der Waals surface area (Å²) >= 11 is 0. The minimum atomic E-state index is -0.407. The van der Waals surface area contributed by atoms with Crippen LogP contribution in [0.5, 0.6) is 5.88 Å². The van der Waals surface area contributed by atoms with Crippen LogP contribution in [0.15, 0.2) is 30.3 Å². The Morgan fingerprint density at radius 1 is 1.14 bits per heavy atom. The number of fused-ring (bicyclic) bond motifs is 2. The van der Waals surface area contributed by atoms with Crippen molar-refractivity contribution in [2.45, 2.75) is 38.3 Å². The van der Waals surface area contributed by atoms with Gasteiger partial charge in [-0.1, -0.05) is 0 Å². The van der Waals surface area contributed by atoms with E-state index in [4.69, 9.17) is 14.7 Å². The van der Waals surface area contributed by atoms with Crippen LogP contribution in [0.25, 0.3) is 33.6 Å². The van der Waals surface area contributed by atoms with Gasteiger partial charge in [0.15, 0.2) is 5.82 Å². The molecule has 3 saturated carbocycles. The highest BCUT2D eigenvalue weighted by Crippen LogP contribution is 2.60. The monoisotopic (exact) mass is 485 g/mol. The first-order valence-electron chi connectivity index (χ1n) is 13.0.